The molecule has 1 aromatic carbocycles. The van der Waals surface area contributed by atoms with E-state index in [0.717, 1.165) is 41.6 Å². The van der Waals surface area contributed by atoms with Crippen LogP contribution in [0.25, 0.3) is 0 Å². The van der Waals surface area contributed by atoms with Crippen LogP contribution in [0.4, 0.5) is 5.69 Å². The molecule has 4 nitrogen and oxygen atoms in total. The van der Waals surface area contributed by atoms with Crippen molar-refractivity contribution in [2.75, 3.05) is 7.11 Å². The lowest BCUT2D eigenvalue weighted by atomic mass is 10.1. The molecule has 1 aromatic rings. The standard InChI is InChI=1S/C15H18ClN3O/c1-4-5-14-17-10(2)15-18(16)9-11-6-7-12(20-3)8-13(11)19(14)15/h6-8H,4-5,9H2,1-3H3/q+1. The Morgan fingerprint density at radius 3 is 2.95 bits per heavy atom. The Hall–Kier alpha value is -1.52. The molecule has 0 aliphatic carbocycles. The Morgan fingerprint density at radius 2 is 2.25 bits per heavy atom. The number of hydrogen-bond acceptors (Lipinski definition) is 4. The van der Waals surface area contributed by atoms with Crippen LogP contribution < -0.4 is 9.64 Å². The van der Waals surface area contributed by atoms with E-state index in [1.807, 2.05) is 13.0 Å². The Labute approximate surface area is 124 Å². The van der Waals surface area contributed by atoms with Gasteiger partial charge < -0.3 is 4.74 Å². The van der Waals surface area contributed by atoms with Crippen molar-refractivity contribution in [3.63, 3.8) is 0 Å². The van der Waals surface area contributed by atoms with Crippen LogP contribution in [-0.4, -0.2) is 17.4 Å². The van der Waals surface area contributed by atoms with Crippen LogP contribution >= 0.6 is 11.8 Å². The molecule has 0 saturated heterocycles. The summed E-state index contributed by atoms with van der Waals surface area (Å²) in [6, 6.07) is 6.10. The highest BCUT2D eigenvalue weighted by Gasteiger charge is 2.46. The van der Waals surface area contributed by atoms with E-state index in [4.69, 9.17) is 16.5 Å². The first-order valence-electron chi connectivity index (χ1n) is 6.84. The van der Waals surface area contributed by atoms with E-state index >= 15 is 0 Å². The minimum absolute atomic E-state index is 0.680. The highest BCUT2D eigenvalue weighted by atomic mass is 35.5. The molecule has 0 spiro atoms. The fraction of sp³-hybridized carbons (Fsp3) is 0.400. The maximum Gasteiger partial charge on any atom is 0.302 e. The van der Waals surface area contributed by atoms with Crippen LogP contribution in [0.1, 0.15) is 32.3 Å². The summed E-state index contributed by atoms with van der Waals surface area (Å²) in [5.41, 5.74) is 3.28. The molecular formula is C15H18ClN3O+. The van der Waals surface area contributed by atoms with E-state index in [1.165, 1.54) is 5.56 Å². The second-order valence-corrected chi connectivity index (χ2v) is 5.45. The average molecular weight is 292 g/mol. The Balaban J connectivity index is 2.12. The van der Waals surface area contributed by atoms with E-state index < -0.39 is 0 Å². The summed E-state index contributed by atoms with van der Waals surface area (Å²) >= 11 is 6.41. The van der Waals surface area contributed by atoms with Crippen molar-refractivity contribution in [3.05, 3.63) is 35.3 Å². The van der Waals surface area contributed by atoms with Gasteiger partial charge >= 0.3 is 5.82 Å². The molecular weight excluding hydrogens is 274 g/mol. The number of nitrogens with zero attached hydrogens (tertiary/aromatic N) is 3. The minimum atomic E-state index is 0.680. The Morgan fingerprint density at radius 1 is 1.45 bits per heavy atom. The second-order valence-electron chi connectivity index (χ2n) is 5.04. The smallest absolute Gasteiger partial charge is 0.302 e. The number of methoxy groups -OCH3 is 1. The lowest BCUT2D eigenvalue weighted by Crippen LogP contribution is -2.38. The van der Waals surface area contributed by atoms with Gasteiger partial charge in [0.2, 0.25) is 5.69 Å². The molecule has 105 valence electrons. The number of rotatable bonds is 3. The van der Waals surface area contributed by atoms with E-state index in [9.17, 15) is 0 Å². The molecule has 0 aromatic heterocycles. The molecule has 0 N–H and O–H groups in total. The lowest BCUT2D eigenvalue weighted by Gasteiger charge is -2.25. The van der Waals surface area contributed by atoms with Gasteiger partial charge in [-0.2, -0.15) is 4.99 Å². The average Bonchev–Trinajstić information content (AvgIpc) is 2.77. The molecule has 0 atom stereocenters. The van der Waals surface area contributed by atoms with Crippen LogP contribution in [0.5, 0.6) is 5.75 Å². The summed E-state index contributed by atoms with van der Waals surface area (Å²) in [5.74, 6) is 2.88. The predicted molar refractivity (Wildman–Crippen MR) is 81.2 cm³/mol. The molecule has 0 saturated carbocycles. The van der Waals surface area contributed by atoms with E-state index in [2.05, 4.69) is 28.9 Å². The van der Waals surface area contributed by atoms with Gasteiger partial charge in [0.05, 0.1) is 13.7 Å². The highest BCUT2D eigenvalue weighted by Crippen LogP contribution is 2.40. The molecule has 3 rings (SSSR count). The zero-order valence-corrected chi connectivity index (χ0v) is 12.7. The van der Waals surface area contributed by atoms with Gasteiger partial charge in [-0.25, -0.2) is 4.42 Å². The summed E-state index contributed by atoms with van der Waals surface area (Å²) in [7, 11) is 1.69. The van der Waals surface area contributed by atoms with Crippen LogP contribution in [-0.2, 0) is 6.54 Å². The van der Waals surface area contributed by atoms with Crippen molar-refractivity contribution in [2.45, 2.75) is 33.2 Å². The van der Waals surface area contributed by atoms with Crippen LogP contribution in [0.2, 0.25) is 0 Å². The van der Waals surface area contributed by atoms with Gasteiger partial charge in [-0.3, -0.25) is 0 Å². The number of aliphatic imine (C=N–C) groups is 1. The summed E-state index contributed by atoms with van der Waals surface area (Å²) < 4.78 is 7.09. The third-order valence-corrected chi connectivity index (χ3v) is 3.92. The fourth-order valence-electron chi connectivity index (χ4n) is 2.74. The molecule has 0 unspecified atom stereocenters. The quantitative estimate of drug-likeness (QED) is 0.626. The molecule has 2 aliphatic heterocycles. The second kappa shape index (κ2) is 5.11. The van der Waals surface area contributed by atoms with Crippen LogP contribution in [0, 0.1) is 0 Å². The zero-order chi connectivity index (χ0) is 14.3. The van der Waals surface area contributed by atoms with Gasteiger partial charge in [0.15, 0.2) is 0 Å². The lowest BCUT2D eigenvalue weighted by molar-refractivity contribution is 0.411. The number of amidine groups is 1. The van der Waals surface area contributed by atoms with Crippen LogP contribution in [0.3, 0.4) is 0 Å². The number of hydrogen-bond donors (Lipinski definition) is 0. The van der Waals surface area contributed by atoms with Crippen molar-refractivity contribution in [1.82, 2.24) is 9.32 Å². The first kappa shape index (κ1) is 13.5. The van der Waals surface area contributed by atoms with Crippen molar-refractivity contribution >= 4 is 23.3 Å². The van der Waals surface area contributed by atoms with Gasteiger partial charge in [-0.1, -0.05) is 6.92 Å². The summed E-state index contributed by atoms with van der Waals surface area (Å²) in [6.45, 7) is 4.84. The van der Waals surface area contributed by atoms with Crippen molar-refractivity contribution < 1.29 is 4.74 Å². The number of benzene rings is 1. The van der Waals surface area contributed by atoms with Gasteiger partial charge in [0, 0.05) is 29.8 Å². The summed E-state index contributed by atoms with van der Waals surface area (Å²) in [4.78, 5) is 6.84. The first-order valence-corrected chi connectivity index (χ1v) is 7.18. The maximum absolute atomic E-state index is 6.41. The van der Waals surface area contributed by atoms with Crippen molar-refractivity contribution in [2.24, 2.45) is 4.99 Å². The number of halogens is 1. The summed E-state index contributed by atoms with van der Waals surface area (Å²) in [5, 5.41) is 0. The maximum atomic E-state index is 6.41. The molecule has 2 heterocycles. The van der Waals surface area contributed by atoms with Crippen molar-refractivity contribution in [1.29, 1.82) is 0 Å². The molecule has 1 radical (unpaired) electrons. The monoisotopic (exact) mass is 291 g/mol. The molecule has 2 aliphatic rings. The topological polar surface area (TPSA) is 30.7 Å². The van der Waals surface area contributed by atoms with Gasteiger partial charge in [-0.15, -0.1) is 0 Å². The number of ether oxygens (including phenoxy) is 1. The normalized spacial score (nSPS) is 18.0. The van der Waals surface area contributed by atoms with Gasteiger partial charge in [0.1, 0.15) is 11.4 Å². The number of anilines is 1. The first-order chi connectivity index (χ1) is 9.65. The van der Waals surface area contributed by atoms with E-state index in [1.54, 1.807) is 11.5 Å². The molecule has 0 bridgehead atoms. The highest BCUT2D eigenvalue weighted by molar-refractivity contribution is 6.15. The van der Waals surface area contributed by atoms with Gasteiger partial charge in [0.25, 0.3) is 5.84 Å². The largest absolute Gasteiger partial charge is 0.497 e. The molecule has 20 heavy (non-hydrogen) atoms. The van der Waals surface area contributed by atoms with Gasteiger partial charge in [-0.05, 0) is 30.4 Å². The van der Waals surface area contributed by atoms with E-state index in [0.29, 0.717) is 6.54 Å². The molecule has 0 fully saturated rings. The summed E-state index contributed by atoms with van der Waals surface area (Å²) in [6.07, 6.45) is 1.99. The zero-order valence-electron chi connectivity index (χ0n) is 12.0. The van der Waals surface area contributed by atoms with Crippen molar-refractivity contribution in [3.8, 4) is 5.75 Å². The number of fused-ring (bicyclic) bond motifs is 3. The minimum Gasteiger partial charge on any atom is -0.497 e. The SMILES string of the molecule is CCCC1=NC(C)=C2N(Cl)Cc3ccc(OC)cc3[N+]12. The third-order valence-electron chi connectivity index (χ3n) is 3.64. The fourth-order valence-corrected chi connectivity index (χ4v) is 3.07. The molecule has 5 heteroatoms. The predicted octanol–water partition coefficient (Wildman–Crippen LogP) is 3.84. The third kappa shape index (κ3) is 2.00. The Kier molecular flexibility index (Phi) is 3.44. The molecule has 0 amide bonds. The Bertz CT molecular complexity index is 609. The van der Waals surface area contributed by atoms with Crippen LogP contribution in [0.15, 0.2) is 34.7 Å². The number of allylic oxidation sites excluding steroid dienone is 1. The van der Waals surface area contributed by atoms with E-state index in [-0.39, 0.29) is 0 Å².